The molecule has 0 aromatic heterocycles. The van der Waals surface area contributed by atoms with Crippen molar-refractivity contribution >= 4 is 29.3 Å². The van der Waals surface area contributed by atoms with Crippen LogP contribution in [0.25, 0.3) is 0 Å². The Hall–Kier alpha value is -0.870. The number of amides is 1. The Balaban J connectivity index is 2.79. The van der Waals surface area contributed by atoms with E-state index in [1.165, 1.54) is 6.07 Å². The van der Waals surface area contributed by atoms with Crippen molar-refractivity contribution in [3.05, 3.63) is 28.8 Å². The molecule has 0 aliphatic heterocycles. The standard InChI is InChI=1S/C13H18ClNO2S/c1-9(6-7-18-3)15(2)13(17)11-5-4-10(14)8-12(11)16/h4-5,8-9,16H,6-7H2,1-3H3. The zero-order chi connectivity index (χ0) is 13.7. The molecular weight excluding hydrogens is 270 g/mol. The summed E-state index contributed by atoms with van der Waals surface area (Å²) in [5.41, 5.74) is 0.290. The maximum atomic E-state index is 12.2. The summed E-state index contributed by atoms with van der Waals surface area (Å²) in [5.74, 6) is 0.750. The Labute approximate surface area is 117 Å². The van der Waals surface area contributed by atoms with Crippen molar-refractivity contribution in [1.82, 2.24) is 4.90 Å². The van der Waals surface area contributed by atoms with Gasteiger partial charge in [-0.05, 0) is 43.6 Å². The molecule has 1 amide bonds. The van der Waals surface area contributed by atoms with Gasteiger partial charge in [-0.15, -0.1) is 0 Å². The van der Waals surface area contributed by atoms with E-state index in [0.29, 0.717) is 5.02 Å². The van der Waals surface area contributed by atoms with E-state index in [9.17, 15) is 9.90 Å². The smallest absolute Gasteiger partial charge is 0.257 e. The van der Waals surface area contributed by atoms with E-state index >= 15 is 0 Å². The average Bonchev–Trinajstić information content (AvgIpc) is 2.34. The van der Waals surface area contributed by atoms with Crippen molar-refractivity contribution in [2.45, 2.75) is 19.4 Å². The molecule has 0 spiro atoms. The minimum absolute atomic E-state index is 0.0728. The molecule has 1 rings (SSSR count). The molecule has 18 heavy (non-hydrogen) atoms. The van der Waals surface area contributed by atoms with Crippen molar-refractivity contribution < 1.29 is 9.90 Å². The summed E-state index contributed by atoms with van der Waals surface area (Å²) in [6.45, 7) is 2.00. The quantitative estimate of drug-likeness (QED) is 0.904. The third-order valence-corrected chi connectivity index (χ3v) is 3.79. The molecule has 5 heteroatoms. The van der Waals surface area contributed by atoms with Gasteiger partial charge in [-0.3, -0.25) is 4.79 Å². The summed E-state index contributed by atoms with van der Waals surface area (Å²) in [7, 11) is 1.75. The van der Waals surface area contributed by atoms with Crippen LogP contribution in [0.15, 0.2) is 18.2 Å². The number of thioether (sulfide) groups is 1. The number of halogens is 1. The molecule has 3 nitrogen and oxygen atoms in total. The van der Waals surface area contributed by atoms with Gasteiger partial charge in [-0.2, -0.15) is 11.8 Å². The number of phenolic OH excluding ortho intramolecular Hbond substituents is 1. The third kappa shape index (κ3) is 3.82. The molecule has 0 heterocycles. The number of rotatable bonds is 5. The van der Waals surface area contributed by atoms with Gasteiger partial charge in [-0.1, -0.05) is 11.6 Å². The number of benzene rings is 1. The van der Waals surface area contributed by atoms with E-state index in [-0.39, 0.29) is 23.3 Å². The van der Waals surface area contributed by atoms with Crippen molar-refractivity contribution in [3.63, 3.8) is 0 Å². The first-order valence-electron chi connectivity index (χ1n) is 5.72. The molecule has 0 aliphatic carbocycles. The van der Waals surface area contributed by atoms with E-state index < -0.39 is 0 Å². The van der Waals surface area contributed by atoms with Gasteiger partial charge in [0, 0.05) is 18.1 Å². The number of carbonyl (C=O) groups is 1. The molecule has 0 saturated carbocycles. The van der Waals surface area contributed by atoms with Gasteiger partial charge in [0.1, 0.15) is 5.75 Å². The summed E-state index contributed by atoms with van der Waals surface area (Å²) in [5, 5.41) is 10.2. The predicted octanol–water partition coefficient (Wildman–Crippen LogP) is 3.26. The molecule has 100 valence electrons. The van der Waals surface area contributed by atoms with Crippen LogP contribution >= 0.6 is 23.4 Å². The molecule has 1 atom stereocenters. The first-order valence-corrected chi connectivity index (χ1v) is 7.49. The van der Waals surface area contributed by atoms with E-state index in [2.05, 4.69) is 0 Å². The lowest BCUT2D eigenvalue weighted by atomic mass is 10.1. The minimum atomic E-state index is -0.183. The second-order valence-electron chi connectivity index (χ2n) is 4.21. The minimum Gasteiger partial charge on any atom is -0.507 e. The van der Waals surface area contributed by atoms with Gasteiger partial charge in [0.2, 0.25) is 0 Å². The molecule has 1 aromatic carbocycles. The Kier molecular flexibility index (Phi) is 5.82. The van der Waals surface area contributed by atoms with Crippen LogP contribution < -0.4 is 0 Å². The Morgan fingerprint density at radius 3 is 2.78 bits per heavy atom. The largest absolute Gasteiger partial charge is 0.507 e. The Morgan fingerprint density at radius 1 is 1.56 bits per heavy atom. The highest BCUT2D eigenvalue weighted by Gasteiger charge is 2.19. The van der Waals surface area contributed by atoms with Gasteiger partial charge in [0.15, 0.2) is 0 Å². The lowest BCUT2D eigenvalue weighted by Crippen LogP contribution is -2.35. The zero-order valence-electron chi connectivity index (χ0n) is 10.8. The zero-order valence-corrected chi connectivity index (χ0v) is 12.4. The van der Waals surface area contributed by atoms with Crippen molar-refractivity contribution in [3.8, 4) is 5.75 Å². The monoisotopic (exact) mass is 287 g/mol. The number of nitrogens with zero attached hydrogens (tertiary/aromatic N) is 1. The lowest BCUT2D eigenvalue weighted by molar-refractivity contribution is 0.0738. The fourth-order valence-electron chi connectivity index (χ4n) is 1.56. The average molecular weight is 288 g/mol. The summed E-state index contributed by atoms with van der Waals surface area (Å²) in [6.07, 6.45) is 2.97. The fourth-order valence-corrected chi connectivity index (χ4v) is 2.30. The van der Waals surface area contributed by atoms with E-state index in [0.717, 1.165) is 12.2 Å². The van der Waals surface area contributed by atoms with Crippen molar-refractivity contribution in [2.24, 2.45) is 0 Å². The van der Waals surface area contributed by atoms with Crippen LogP contribution in [0.1, 0.15) is 23.7 Å². The van der Waals surface area contributed by atoms with Crippen molar-refractivity contribution in [2.75, 3.05) is 19.1 Å². The molecule has 1 unspecified atom stereocenters. The van der Waals surface area contributed by atoms with Gasteiger partial charge < -0.3 is 10.0 Å². The van der Waals surface area contributed by atoms with Crippen molar-refractivity contribution in [1.29, 1.82) is 0 Å². The first kappa shape index (κ1) is 15.2. The highest BCUT2D eigenvalue weighted by molar-refractivity contribution is 7.98. The molecular formula is C13H18ClNO2S. The Morgan fingerprint density at radius 2 is 2.22 bits per heavy atom. The van der Waals surface area contributed by atoms with Gasteiger partial charge >= 0.3 is 0 Å². The topological polar surface area (TPSA) is 40.5 Å². The molecule has 0 saturated heterocycles. The number of carbonyl (C=O) groups excluding carboxylic acids is 1. The van der Waals surface area contributed by atoms with E-state index in [1.807, 2.05) is 13.2 Å². The summed E-state index contributed by atoms with van der Waals surface area (Å²) < 4.78 is 0. The second-order valence-corrected chi connectivity index (χ2v) is 5.63. The number of hydrogen-bond donors (Lipinski definition) is 1. The molecule has 0 fully saturated rings. The SMILES string of the molecule is CSCCC(C)N(C)C(=O)c1ccc(Cl)cc1O. The van der Waals surface area contributed by atoms with Crippen LogP contribution in [0, 0.1) is 0 Å². The van der Waals surface area contributed by atoms with E-state index in [1.54, 1.807) is 35.8 Å². The molecule has 0 bridgehead atoms. The van der Waals surface area contributed by atoms with Crippen LogP contribution in [0.2, 0.25) is 5.02 Å². The van der Waals surface area contributed by atoms with Gasteiger partial charge in [0.25, 0.3) is 5.91 Å². The van der Waals surface area contributed by atoms with E-state index in [4.69, 9.17) is 11.6 Å². The molecule has 0 radical (unpaired) electrons. The maximum absolute atomic E-state index is 12.2. The van der Waals surface area contributed by atoms with Gasteiger partial charge in [0.05, 0.1) is 5.56 Å². The number of aromatic hydroxyl groups is 1. The van der Waals surface area contributed by atoms with Crippen LogP contribution in [-0.4, -0.2) is 41.0 Å². The molecule has 1 aromatic rings. The number of phenols is 1. The Bertz CT molecular complexity index is 425. The molecule has 0 aliphatic rings. The normalized spacial score (nSPS) is 12.2. The van der Waals surface area contributed by atoms with Gasteiger partial charge in [-0.25, -0.2) is 0 Å². The maximum Gasteiger partial charge on any atom is 0.257 e. The highest BCUT2D eigenvalue weighted by atomic mass is 35.5. The second kappa shape index (κ2) is 6.90. The summed E-state index contributed by atoms with van der Waals surface area (Å²) in [6, 6.07) is 4.68. The summed E-state index contributed by atoms with van der Waals surface area (Å²) in [4.78, 5) is 13.8. The van der Waals surface area contributed by atoms with Crippen LogP contribution in [0.4, 0.5) is 0 Å². The van der Waals surface area contributed by atoms with Crippen LogP contribution in [0.3, 0.4) is 0 Å². The predicted molar refractivity (Wildman–Crippen MR) is 77.7 cm³/mol. The molecule has 1 N–H and O–H groups in total. The number of hydrogen-bond acceptors (Lipinski definition) is 3. The highest BCUT2D eigenvalue weighted by Crippen LogP contribution is 2.23. The van der Waals surface area contributed by atoms with Crippen LogP contribution in [0.5, 0.6) is 5.75 Å². The summed E-state index contributed by atoms with van der Waals surface area (Å²) >= 11 is 7.50. The fraction of sp³-hybridized carbons (Fsp3) is 0.462. The lowest BCUT2D eigenvalue weighted by Gasteiger charge is -2.25. The van der Waals surface area contributed by atoms with Crippen LogP contribution in [-0.2, 0) is 0 Å². The first-order chi connectivity index (χ1) is 8.47. The third-order valence-electron chi connectivity index (χ3n) is 2.91.